The molecular formula is C17H17N5O. The van der Waals surface area contributed by atoms with Gasteiger partial charge in [-0.15, -0.1) is 0 Å². The quantitative estimate of drug-likeness (QED) is 0.456. The molecule has 0 aliphatic rings. The third kappa shape index (κ3) is 4.14. The van der Waals surface area contributed by atoms with Gasteiger partial charge in [0.05, 0.1) is 0 Å². The summed E-state index contributed by atoms with van der Waals surface area (Å²) in [5, 5.41) is 10.5. The first kappa shape index (κ1) is 16.2. The molecule has 4 N–H and O–H groups in total. The van der Waals surface area contributed by atoms with Gasteiger partial charge in [0.2, 0.25) is 6.41 Å². The molecule has 0 atom stereocenters. The van der Waals surface area contributed by atoms with E-state index in [-0.39, 0.29) is 5.92 Å². The number of anilines is 2. The third-order valence-electron chi connectivity index (χ3n) is 3.10. The van der Waals surface area contributed by atoms with E-state index < -0.39 is 0 Å². The number of hydrogen-bond acceptors (Lipinski definition) is 5. The van der Waals surface area contributed by atoms with Crippen LogP contribution in [0.25, 0.3) is 0 Å². The Balaban J connectivity index is 2.31. The summed E-state index contributed by atoms with van der Waals surface area (Å²) in [6, 6.07) is 5.18. The van der Waals surface area contributed by atoms with Crippen molar-refractivity contribution in [2.45, 2.75) is 13.8 Å². The van der Waals surface area contributed by atoms with E-state index in [2.05, 4.69) is 27.1 Å². The molecule has 6 nitrogen and oxygen atoms in total. The molecule has 0 spiro atoms. The van der Waals surface area contributed by atoms with Crippen LogP contribution >= 0.6 is 0 Å². The second kappa shape index (κ2) is 7.18. The minimum atomic E-state index is 0.0551. The lowest BCUT2D eigenvalue weighted by molar-refractivity contribution is -0.105. The molecule has 0 unspecified atom stereocenters. The van der Waals surface area contributed by atoms with E-state index >= 15 is 0 Å². The molecule has 0 fully saturated rings. The lowest BCUT2D eigenvalue weighted by atomic mass is 9.99. The normalized spacial score (nSPS) is 9.87. The van der Waals surface area contributed by atoms with Crippen molar-refractivity contribution in [3.05, 3.63) is 47.3 Å². The van der Waals surface area contributed by atoms with Crippen LogP contribution in [0.5, 0.6) is 0 Å². The highest BCUT2D eigenvalue weighted by atomic mass is 16.1. The van der Waals surface area contributed by atoms with Crippen LogP contribution in [0.15, 0.2) is 30.6 Å². The summed E-state index contributed by atoms with van der Waals surface area (Å²) in [6.07, 6.45) is 3.70. The summed E-state index contributed by atoms with van der Waals surface area (Å²) in [7, 11) is 0. The molecule has 2 aromatic heterocycles. The smallest absolute Gasteiger partial charge is 0.212 e. The first-order valence-corrected chi connectivity index (χ1v) is 7.04. The van der Waals surface area contributed by atoms with E-state index in [0.29, 0.717) is 40.4 Å². The molecule has 0 saturated carbocycles. The van der Waals surface area contributed by atoms with Crippen LogP contribution in [-0.4, -0.2) is 22.1 Å². The minimum absolute atomic E-state index is 0.0551. The number of rotatable bonds is 4. The van der Waals surface area contributed by atoms with Crippen LogP contribution < -0.4 is 11.1 Å². The maximum atomic E-state index is 10.4. The maximum absolute atomic E-state index is 10.4. The van der Waals surface area contributed by atoms with Gasteiger partial charge in [0.1, 0.15) is 11.6 Å². The van der Waals surface area contributed by atoms with E-state index in [4.69, 9.17) is 11.1 Å². The Kier molecular flexibility index (Phi) is 5.05. The second-order valence-corrected chi connectivity index (χ2v) is 5.17. The fourth-order valence-electron chi connectivity index (χ4n) is 1.86. The van der Waals surface area contributed by atoms with Gasteiger partial charge in [-0.2, -0.15) is 0 Å². The second-order valence-electron chi connectivity index (χ2n) is 5.17. The molecule has 23 heavy (non-hydrogen) atoms. The fraction of sp³-hybridized carbons (Fsp3) is 0.176. The Morgan fingerprint density at radius 1 is 1.30 bits per heavy atom. The predicted molar refractivity (Wildman–Crippen MR) is 90.2 cm³/mol. The molecule has 0 aliphatic carbocycles. The number of carbonyl (C=O) groups excluding carboxylic acids is 1. The fourth-order valence-corrected chi connectivity index (χ4v) is 1.86. The van der Waals surface area contributed by atoms with Crippen molar-refractivity contribution < 1.29 is 4.79 Å². The Hall–Kier alpha value is -3.20. The van der Waals surface area contributed by atoms with Gasteiger partial charge in [0.15, 0.2) is 0 Å². The third-order valence-corrected chi connectivity index (χ3v) is 3.10. The molecule has 0 aliphatic heterocycles. The van der Waals surface area contributed by atoms with Crippen molar-refractivity contribution in [3.63, 3.8) is 0 Å². The molecule has 0 aromatic carbocycles. The highest BCUT2D eigenvalue weighted by Crippen LogP contribution is 2.15. The Morgan fingerprint density at radius 3 is 2.74 bits per heavy atom. The molecule has 2 aromatic rings. The van der Waals surface area contributed by atoms with Crippen molar-refractivity contribution in [2.75, 3.05) is 11.1 Å². The van der Waals surface area contributed by atoms with Crippen LogP contribution in [0, 0.1) is 23.2 Å². The maximum Gasteiger partial charge on any atom is 0.212 e. The van der Waals surface area contributed by atoms with E-state index in [9.17, 15) is 4.79 Å². The minimum Gasteiger partial charge on any atom is -0.383 e. The Labute approximate surface area is 134 Å². The van der Waals surface area contributed by atoms with Crippen molar-refractivity contribution >= 4 is 23.8 Å². The van der Waals surface area contributed by atoms with E-state index in [1.807, 2.05) is 13.8 Å². The molecule has 6 heteroatoms. The molecular weight excluding hydrogens is 290 g/mol. The number of aromatic nitrogens is 2. The zero-order chi connectivity index (χ0) is 16.8. The summed E-state index contributed by atoms with van der Waals surface area (Å²) in [6.45, 7) is 3.86. The van der Waals surface area contributed by atoms with Crippen LogP contribution in [0.2, 0.25) is 0 Å². The Bertz CT molecular complexity index is 802. The van der Waals surface area contributed by atoms with Crippen molar-refractivity contribution in [1.29, 1.82) is 5.41 Å². The SMILES string of the molecule is CC(C)C(=N)c1cc(C#Cc2ccnc(NC=O)c2)cnc1N. The lowest BCUT2D eigenvalue weighted by Gasteiger charge is -2.09. The van der Waals surface area contributed by atoms with Crippen molar-refractivity contribution in [2.24, 2.45) is 5.92 Å². The van der Waals surface area contributed by atoms with Gasteiger partial charge in [-0.1, -0.05) is 25.7 Å². The zero-order valence-electron chi connectivity index (χ0n) is 12.9. The van der Waals surface area contributed by atoms with Gasteiger partial charge in [-0.25, -0.2) is 9.97 Å². The number of hydrogen-bond donors (Lipinski definition) is 3. The molecule has 0 radical (unpaired) electrons. The lowest BCUT2D eigenvalue weighted by Crippen LogP contribution is -2.11. The average Bonchev–Trinajstić information content (AvgIpc) is 2.54. The summed E-state index contributed by atoms with van der Waals surface area (Å²) < 4.78 is 0. The summed E-state index contributed by atoms with van der Waals surface area (Å²) in [5.74, 6) is 6.78. The first-order valence-electron chi connectivity index (χ1n) is 7.04. The number of nitrogen functional groups attached to an aromatic ring is 1. The molecule has 0 saturated heterocycles. The van der Waals surface area contributed by atoms with Gasteiger partial charge in [-0.05, 0) is 24.1 Å². The van der Waals surface area contributed by atoms with Gasteiger partial charge in [-0.3, -0.25) is 4.79 Å². The monoisotopic (exact) mass is 307 g/mol. The predicted octanol–water partition coefficient (Wildman–Crippen LogP) is 2.05. The molecule has 0 bridgehead atoms. The van der Waals surface area contributed by atoms with Crippen LogP contribution in [0.1, 0.15) is 30.5 Å². The Morgan fingerprint density at radius 2 is 2.04 bits per heavy atom. The van der Waals surface area contributed by atoms with Gasteiger partial charge >= 0.3 is 0 Å². The summed E-state index contributed by atoms with van der Waals surface area (Å²) in [4.78, 5) is 18.5. The number of amides is 1. The summed E-state index contributed by atoms with van der Waals surface area (Å²) >= 11 is 0. The molecule has 2 rings (SSSR count). The molecule has 116 valence electrons. The highest BCUT2D eigenvalue weighted by Gasteiger charge is 2.11. The number of nitrogens with two attached hydrogens (primary N) is 1. The molecule has 1 amide bonds. The molecule has 2 heterocycles. The van der Waals surface area contributed by atoms with Crippen molar-refractivity contribution in [3.8, 4) is 11.8 Å². The topological polar surface area (TPSA) is 105 Å². The van der Waals surface area contributed by atoms with E-state index in [0.717, 1.165) is 0 Å². The van der Waals surface area contributed by atoms with E-state index in [1.165, 1.54) is 0 Å². The standard InChI is InChI=1S/C17H17N5O/c1-11(2)16(18)14-7-13(9-21-17(14)19)4-3-12-5-6-20-15(8-12)22-10-23/h5-11,18H,1-2H3,(H2,19,21)(H,20,22,23). The van der Waals surface area contributed by atoms with Crippen molar-refractivity contribution in [1.82, 2.24) is 9.97 Å². The number of nitrogens with one attached hydrogen (secondary N) is 2. The van der Waals surface area contributed by atoms with Gasteiger partial charge < -0.3 is 16.5 Å². The average molecular weight is 307 g/mol. The largest absolute Gasteiger partial charge is 0.383 e. The number of pyridine rings is 2. The van der Waals surface area contributed by atoms with Crippen LogP contribution in [0.3, 0.4) is 0 Å². The van der Waals surface area contributed by atoms with E-state index in [1.54, 1.807) is 30.6 Å². The zero-order valence-corrected chi connectivity index (χ0v) is 12.9. The number of carbonyl (C=O) groups is 1. The van der Waals surface area contributed by atoms with Crippen LogP contribution in [0.4, 0.5) is 11.6 Å². The summed E-state index contributed by atoms with van der Waals surface area (Å²) in [5.41, 5.74) is 8.25. The first-order chi connectivity index (χ1) is 11.0. The van der Waals surface area contributed by atoms with Crippen LogP contribution in [-0.2, 0) is 4.79 Å². The van der Waals surface area contributed by atoms with Gasteiger partial charge in [0, 0.05) is 34.8 Å². The number of nitrogens with zero attached hydrogens (tertiary/aromatic N) is 2. The van der Waals surface area contributed by atoms with Gasteiger partial charge in [0.25, 0.3) is 0 Å². The highest BCUT2D eigenvalue weighted by molar-refractivity contribution is 6.03.